The third-order valence-electron chi connectivity index (χ3n) is 3.47. The Morgan fingerprint density at radius 2 is 1.84 bits per heavy atom. The average Bonchev–Trinajstić information content (AvgIpc) is 3.13. The molecule has 104 valence electrons. The Morgan fingerprint density at radius 1 is 1.26 bits per heavy atom. The van der Waals surface area contributed by atoms with Crippen molar-refractivity contribution in [1.82, 2.24) is 5.32 Å². The molecule has 1 saturated carbocycles. The van der Waals surface area contributed by atoms with Crippen LogP contribution in [0, 0.1) is 22.9 Å². The Kier molecular flexibility index (Phi) is 3.80. The lowest BCUT2D eigenvalue weighted by molar-refractivity contribution is 0.0939. The molecule has 0 unspecified atom stereocenters. The lowest BCUT2D eigenvalue weighted by atomic mass is 10.0. The first-order valence-corrected chi connectivity index (χ1v) is 6.01. The first-order chi connectivity index (χ1) is 8.97. The molecule has 1 fully saturated rings. The zero-order valence-electron chi connectivity index (χ0n) is 10.2. The zero-order valence-corrected chi connectivity index (χ0v) is 10.2. The van der Waals surface area contributed by atoms with Crippen molar-refractivity contribution in [2.24, 2.45) is 5.41 Å². The van der Waals surface area contributed by atoms with Gasteiger partial charge in [-0.1, -0.05) is 0 Å². The molecule has 0 aliphatic heterocycles. The van der Waals surface area contributed by atoms with Crippen LogP contribution in [-0.2, 0) is 0 Å². The number of hydrogen-bond acceptors (Lipinski definition) is 2. The topological polar surface area (TPSA) is 49.3 Å². The first kappa shape index (κ1) is 13.9. The number of amides is 1. The molecule has 0 bridgehead atoms. The maximum absolute atomic E-state index is 13.0. The van der Waals surface area contributed by atoms with Crippen LogP contribution in [-0.4, -0.2) is 24.2 Å². The molecule has 0 aromatic heterocycles. The van der Waals surface area contributed by atoms with Crippen LogP contribution in [0.1, 0.15) is 29.6 Å². The number of aliphatic hydroxyl groups is 1. The van der Waals surface area contributed by atoms with E-state index < -0.39 is 23.4 Å². The van der Waals surface area contributed by atoms with E-state index in [1.54, 1.807) is 0 Å². The van der Waals surface area contributed by atoms with Gasteiger partial charge in [-0.15, -0.1) is 0 Å². The number of carbonyl (C=O) groups excluding carboxylic acids is 1. The maximum Gasteiger partial charge on any atom is 0.251 e. The van der Waals surface area contributed by atoms with E-state index >= 15 is 0 Å². The standard InChI is InChI=1S/C13H14F3NO2/c14-9-5-8(6-10(15)11(9)16)12(19)17-7-13(1-2-13)3-4-18/h5-6,18H,1-4,7H2,(H,17,19). The predicted octanol–water partition coefficient (Wildman–Crippen LogP) is 2.00. The van der Waals surface area contributed by atoms with Crippen molar-refractivity contribution in [3.05, 3.63) is 35.1 Å². The summed E-state index contributed by atoms with van der Waals surface area (Å²) in [4.78, 5) is 11.7. The smallest absolute Gasteiger partial charge is 0.251 e. The molecule has 0 spiro atoms. The van der Waals surface area contributed by atoms with E-state index in [9.17, 15) is 18.0 Å². The SMILES string of the molecule is O=C(NCC1(CCO)CC1)c1cc(F)c(F)c(F)c1. The second kappa shape index (κ2) is 5.21. The highest BCUT2D eigenvalue weighted by Gasteiger charge is 2.41. The summed E-state index contributed by atoms with van der Waals surface area (Å²) >= 11 is 0. The fraction of sp³-hybridized carbons (Fsp3) is 0.462. The van der Waals surface area contributed by atoms with Gasteiger partial charge in [0.15, 0.2) is 17.5 Å². The van der Waals surface area contributed by atoms with Gasteiger partial charge in [0, 0.05) is 18.7 Å². The summed E-state index contributed by atoms with van der Waals surface area (Å²) in [6.45, 7) is 0.378. The van der Waals surface area contributed by atoms with E-state index in [0.29, 0.717) is 25.1 Å². The van der Waals surface area contributed by atoms with Gasteiger partial charge in [-0.3, -0.25) is 4.79 Å². The highest BCUT2D eigenvalue weighted by Crippen LogP contribution is 2.47. The highest BCUT2D eigenvalue weighted by atomic mass is 19.2. The molecule has 1 aliphatic carbocycles. The highest BCUT2D eigenvalue weighted by molar-refractivity contribution is 5.94. The third-order valence-corrected chi connectivity index (χ3v) is 3.47. The molecule has 2 rings (SSSR count). The van der Waals surface area contributed by atoms with E-state index in [4.69, 9.17) is 5.11 Å². The second-order valence-corrected chi connectivity index (χ2v) is 4.91. The lowest BCUT2D eigenvalue weighted by Gasteiger charge is -2.14. The Labute approximate surface area is 108 Å². The summed E-state index contributed by atoms with van der Waals surface area (Å²) in [5.41, 5.74) is -0.349. The summed E-state index contributed by atoms with van der Waals surface area (Å²) < 4.78 is 38.7. The summed E-state index contributed by atoms with van der Waals surface area (Å²) in [5, 5.41) is 11.4. The van der Waals surface area contributed by atoms with Gasteiger partial charge in [0.2, 0.25) is 0 Å². The van der Waals surface area contributed by atoms with E-state index in [1.165, 1.54) is 0 Å². The number of carbonyl (C=O) groups is 1. The molecule has 1 aromatic rings. The fourth-order valence-electron chi connectivity index (χ4n) is 1.99. The van der Waals surface area contributed by atoms with Crippen molar-refractivity contribution < 1.29 is 23.1 Å². The number of nitrogens with one attached hydrogen (secondary N) is 1. The molecule has 0 heterocycles. The van der Waals surface area contributed by atoms with Gasteiger partial charge in [0.05, 0.1) is 0 Å². The first-order valence-electron chi connectivity index (χ1n) is 6.01. The van der Waals surface area contributed by atoms with Crippen molar-refractivity contribution >= 4 is 5.91 Å². The molecule has 6 heteroatoms. The minimum Gasteiger partial charge on any atom is -0.396 e. The number of rotatable bonds is 5. The molecule has 1 amide bonds. The van der Waals surface area contributed by atoms with Crippen LogP contribution < -0.4 is 5.32 Å². The van der Waals surface area contributed by atoms with Crippen molar-refractivity contribution in [2.45, 2.75) is 19.3 Å². The van der Waals surface area contributed by atoms with Crippen molar-refractivity contribution in [3.63, 3.8) is 0 Å². The summed E-state index contributed by atoms with van der Waals surface area (Å²) in [6, 6.07) is 1.33. The largest absolute Gasteiger partial charge is 0.396 e. The van der Waals surface area contributed by atoms with E-state index in [1.807, 2.05) is 0 Å². The number of hydrogen-bond donors (Lipinski definition) is 2. The van der Waals surface area contributed by atoms with Gasteiger partial charge in [-0.05, 0) is 36.8 Å². The van der Waals surface area contributed by atoms with E-state index in [-0.39, 0.29) is 17.6 Å². The van der Waals surface area contributed by atoms with Crippen molar-refractivity contribution in [3.8, 4) is 0 Å². The van der Waals surface area contributed by atoms with Gasteiger partial charge in [-0.25, -0.2) is 13.2 Å². The third kappa shape index (κ3) is 3.07. The maximum atomic E-state index is 13.0. The van der Waals surface area contributed by atoms with Gasteiger partial charge < -0.3 is 10.4 Å². The molecule has 1 aliphatic rings. The minimum absolute atomic E-state index is 0.0374. The van der Waals surface area contributed by atoms with Crippen LogP contribution in [0.15, 0.2) is 12.1 Å². The molecule has 3 nitrogen and oxygen atoms in total. The van der Waals surface area contributed by atoms with Gasteiger partial charge in [-0.2, -0.15) is 0 Å². The Bertz CT molecular complexity index is 478. The molecular weight excluding hydrogens is 259 g/mol. The van der Waals surface area contributed by atoms with Crippen LogP contribution in [0.25, 0.3) is 0 Å². The lowest BCUT2D eigenvalue weighted by Crippen LogP contribution is -2.31. The Hall–Kier alpha value is -1.56. The number of benzene rings is 1. The minimum atomic E-state index is -1.59. The number of halogens is 3. The quantitative estimate of drug-likeness (QED) is 0.806. The second-order valence-electron chi connectivity index (χ2n) is 4.91. The van der Waals surface area contributed by atoms with Gasteiger partial charge in [0.1, 0.15) is 0 Å². The summed E-state index contributed by atoms with van der Waals surface area (Å²) in [5.74, 6) is -5.01. The summed E-state index contributed by atoms with van der Waals surface area (Å²) in [7, 11) is 0. The Balaban J connectivity index is 2.01. The molecule has 0 atom stereocenters. The van der Waals surface area contributed by atoms with Crippen LogP contribution >= 0.6 is 0 Å². The molecule has 2 N–H and O–H groups in total. The molecule has 0 radical (unpaired) electrons. The van der Waals surface area contributed by atoms with Crippen molar-refractivity contribution in [1.29, 1.82) is 0 Å². The normalized spacial score (nSPS) is 16.2. The van der Waals surface area contributed by atoms with Crippen molar-refractivity contribution in [2.75, 3.05) is 13.2 Å². The fourth-order valence-corrected chi connectivity index (χ4v) is 1.99. The summed E-state index contributed by atoms with van der Waals surface area (Å²) in [6.07, 6.45) is 2.39. The van der Waals surface area contributed by atoms with Crippen LogP contribution in [0.5, 0.6) is 0 Å². The van der Waals surface area contributed by atoms with Gasteiger partial charge in [0.25, 0.3) is 5.91 Å². The van der Waals surface area contributed by atoms with E-state index in [0.717, 1.165) is 12.8 Å². The van der Waals surface area contributed by atoms with Crippen LogP contribution in [0.3, 0.4) is 0 Å². The van der Waals surface area contributed by atoms with E-state index in [2.05, 4.69) is 5.32 Å². The molecule has 0 saturated heterocycles. The monoisotopic (exact) mass is 273 g/mol. The molecular formula is C13H14F3NO2. The van der Waals surface area contributed by atoms with Gasteiger partial charge >= 0.3 is 0 Å². The predicted molar refractivity (Wildman–Crippen MR) is 62.0 cm³/mol. The average molecular weight is 273 g/mol. The number of aliphatic hydroxyl groups excluding tert-OH is 1. The zero-order chi connectivity index (χ0) is 14.0. The Morgan fingerprint density at radius 3 is 2.32 bits per heavy atom. The molecule has 19 heavy (non-hydrogen) atoms. The van der Waals surface area contributed by atoms with Crippen LogP contribution in [0.2, 0.25) is 0 Å². The van der Waals surface area contributed by atoms with Crippen LogP contribution in [0.4, 0.5) is 13.2 Å². The molecule has 1 aromatic carbocycles.